The zero-order valence-corrected chi connectivity index (χ0v) is 12.5. The van der Waals surface area contributed by atoms with E-state index in [0.717, 1.165) is 21.1 Å². The van der Waals surface area contributed by atoms with Crippen LogP contribution in [0.25, 0.3) is 10.6 Å². The first kappa shape index (κ1) is 14.7. The molecule has 106 valence electrons. The van der Waals surface area contributed by atoms with E-state index in [-0.39, 0.29) is 11.9 Å². The minimum absolute atomic E-state index is 0.0194. The van der Waals surface area contributed by atoms with Crippen LogP contribution in [0.5, 0.6) is 0 Å². The molecule has 1 heterocycles. The van der Waals surface area contributed by atoms with Crippen LogP contribution in [-0.2, 0) is 11.3 Å². The van der Waals surface area contributed by atoms with Crippen molar-refractivity contribution < 1.29 is 4.79 Å². The summed E-state index contributed by atoms with van der Waals surface area (Å²) in [6, 6.07) is 9.94. The van der Waals surface area contributed by atoms with Gasteiger partial charge in [0, 0.05) is 22.9 Å². The monoisotopic (exact) mass is 289 g/mol. The highest BCUT2D eigenvalue weighted by atomic mass is 32.1. The van der Waals surface area contributed by atoms with Crippen molar-refractivity contribution in [3.05, 3.63) is 40.9 Å². The summed E-state index contributed by atoms with van der Waals surface area (Å²) in [5.41, 5.74) is 7.67. The van der Waals surface area contributed by atoms with Crippen LogP contribution in [-0.4, -0.2) is 16.9 Å². The topological polar surface area (TPSA) is 68.0 Å². The summed E-state index contributed by atoms with van der Waals surface area (Å²) >= 11 is 1.62. The van der Waals surface area contributed by atoms with Crippen LogP contribution in [0.1, 0.15) is 23.9 Å². The van der Waals surface area contributed by atoms with Crippen LogP contribution < -0.4 is 11.1 Å². The Hall–Kier alpha value is -1.72. The van der Waals surface area contributed by atoms with Crippen molar-refractivity contribution in [1.29, 1.82) is 0 Å². The molecule has 0 aliphatic rings. The Morgan fingerprint density at radius 2 is 2.10 bits per heavy atom. The van der Waals surface area contributed by atoms with Gasteiger partial charge in [-0.25, -0.2) is 4.98 Å². The van der Waals surface area contributed by atoms with Gasteiger partial charge in [-0.2, -0.15) is 0 Å². The van der Waals surface area contributed by atoms with Crippen molar-refractivity contribution in [2.75, 3.05) is 0 Å². The Morgan fingerprint density at radius 1 is 1.40 bits per heavy atom. The molecule has 0 aliphatic carbocycles. The van der Waals surface area contributed by atoms with E-state index < -0.39 is 0 Å². The SMILES string of the molecule is Cc1nc(-c2ccccc2)sc1CNC(=O)CC(C)N. The molecular weight excluding hydrogens is 270 g/mol. The number of benzene rings is 1. The number of nitrogens with one attached hydrogen (secondary N) is 1. The molecule has 0 spiro atoms. The van der Waals surface area contributed by atoms with E-state index in [9.17, 15) is 4.79 Å². The molecule has 4 nitrogen and oxygen atoms in total. The van der Waals surface area contributed by atoms with Gasteiger partial charge in [0.2, 0.25) is 5.91 Å². The molecule has 1 amide bonds. The predicted octanol–water partition coefficient (Wildman–Crippen LogP) is 2.47. The van der Waals surface area contributed by atoms with E-state index in [1.54, 1.807) is 11.3 Å². The molecule has 1 aromatic heterocycles. The molecule has 2 rings (SSSR count). The summed E-state index contributed by atoms with van der Waals surface area (Å²) in [6.07, 6.45) is 0.351. The Morgan fingerprint density at radius 3 is 2.75 bits per heavy atom. The number of nitrogens with two attached hydrogens (primary N) is 1. The zero-order chi connectivity index (χ0) is 14.5. The lowest BCUT2D eigenvalue weighted by Gasteiger charge is -2.06. The smallest absolute Gasteiger partial charge is 0.221 e. The predicted molar refractivity (Wildman–Crippen MR) is 82.4 cm³/mol. The fourth-order valence-electron chi connectivity index (χ4n) is 1.84. The first-order chi connectivity index (χ1) is 9.56. The van der Waals surface area contributed by atoms with Gasteiger partial charge in [-0.15, -0.1) is 11.3 Å². The number of aromatic nitrogens is 1. The summed E-state index contributed by atoms with van der Waals surface area (Å²) in [6.45, 7) is 4.31. The summed E-state index contributed by atoms with van der Waals surface area (Å²) in [4.78, 5) is 17.3. The van der Waals surface area contributed by atoms with Crippen LogP contribution in [0.2, 0.25) is 0 Å². The molecule has 1 atom stereocenters. The zero-order valence-electron chi connectivity index (χ0n) is 11.7. The van der Waals surface area contributed by atoms with Gasteiger partial charge in [0.15, 0.2) is 0 Å². The average Bonchev–Trinajstić information content (AvgIpc) is 2.78. The van der Waals surface area contributed by atoms with Crippen molar-refractivity contribution in [2.24, 2.45) is 5.73 Å². The molecular formula is C15H19N3OS. The Labute approximate surface area is 123 Å². The van der Waals surface area contributed by atoms with Crippen molar-refractivity contribution in [3.8, 4) is 10.6 Å². The molecule has 2 aromatic rings. The molecule has 5 heteroatoms. The molecule has 3 N–H and O–H groups in total. The van der Waals surface area contributed by atoms with E-state index in [0.29, 0.717) is 13.0 Å². The quantitative estimate of drug-likeness (QED) is 0.888. The normalized spacial score (nSPS) is 12.2. The molecule has 0 saturated heterocycles. The fraction of sp³-hybridized carbons (Fsp3) is 0.333. The Kier molecular flexibility index (Phi) is 4.87. The Bertz CT molecular complexity index is 578. The van der Waals surface area contributed by atoms with Crippen LogP contribution in [0.15, 0.2) is 30.3 Å². The number of nitrogens with zero attached hydrogens (tertiary/aromatic N) is 1. The van der Waals surface area contributed by atoms with Crippen molar-refractivity contribution in [2.45, 2.75) is 32.9 Å². The lowest BCUT2D eigenvalue weighted by Crippen LogP contribution is -2.29. The summed E-state index contributed by atoms with van der Waals surface area (Å²) in [7, 11) is 0. The number of thiazole rings is 1. The van der Waals surface area contributed by atoms with E-state index in [4.69, 9.17) is 5.73 Å². The van der Waals surface area contributed by atoms with Crippen molar-refractivity contribution >= 4 is 17.2 Å². The first-order valence-electron chi connectivity index (χ1n) is 6.60. The standard InChI is InChI=1S/C15H19N3OS/c1-10(16)8-14(19)17-9-13-11(2)18-15(20-13)12-6-4-3-5-7-12/h3-7,10H,8-9,16H2,1-2H3,(H,17,19). The third-order valence-electron chi connectivity index (χ3n) is 2.87. The van der Waals surface area contributed by atoms with Gasteiger partial charge in [0.1, 0.15) is 5.01 Å². The highest BCUT2D eigenvalue weighted by molar-refractivity contribution is 7.15. The maximum Gasteiger partial charge on any atom is 0.221 e. The molecule has 0 bridgehead atoms. The molecule has 0 aliphatic heterocycles. The fourth-order valence-corrected chi connectivity index (χ4v) is 2.85. The first-order valence-corrected chi connectivity index (χ1v) is 7.42. The maximum atomic E-state index is 11.6. The van der Waals surface area contributed by atoms with Gasteiger partial charge in [-0.1, -0.05) is 30.3 Å². The Balaban J connectivity index is 2.03. The van der Waals surface area contributed by atoms with Crippen LogP contribution in [0, 0.1) is 6.92 Å². The number of aryl methyl sites for hydroxylation is 1. The van der Waals surface area contributed by atoms with Gasteiger partial charge in [0.25, 0.3) is 0 Å². The van der Waals surface area contributed by atoms with Gasteiger partial charge in [0.05, 0.1) is 12.2 Å². The lowest BCUT2D eigenvalue weighted by atomic mass is 10.2. The van der Waals surface area contributed by atoms with E-state index >= 15 is 0 Å². The number of carbonyl (C=O) groups excluding carboxylic acids is 1. The maximum absolute atomic E-state index is 11.6. The number of hydrogen-bond donors (Lipinski definition) is 2. The van der Waals surface area contributed by atoms with E-state index in [1.165, 1.54) is 0 Å². The molecule has 0 fully saturated rings. The molecule has 0 saturated carbocycles. The number of hydrogen-bond acceptors (Lipinski definition) is 4. The number of carbonyl (C=O) groups is 1. The van der Waals surface area contributed by atoms with Crippen LogP contribution in [0.3, 0.4) is 0 Å². The van der Waals surface area contributed by atoms with Crippen molar-refractivity contribution in [3.63, 3.8) is 0 Å². The van der Waals surface area contributed by atoms with E-state index in [2.05, 4.69) is 10.3 Å². The lowest BCUT2D eigenvalue weighted by molar-refractivity contribution is -0.121. The minimum Gasteiger partial charge on any atom is -0.351 e. The van der Waals surface area contributed by atoms with Crippen molar-refractivity contribution in [1.82, 2.24) is 10.3 Å². The largest absolute Gasteiger partial charge is 0.351 e. The van der Waals surface area contributed by atoms with Crippen LogP contribution in [0.4, 0.5) is 0 Å². The molecule has 0 radical (unpaired) electrons. The average molecular weight is 289 g/mol. The van der Waals surface area contributed by atoms with E-state index in [1.807, 2.05) is 44.2 Å². The number of rotatable bonds is 5. The highest BCUT2D eigenvalue weighted by Crippen LogP contribution is 2.27. The second kappa shape index (κ2) is 6.63. The van der Waals surface area contributed by atoms with Gasteiger partial charge in [-0.3, -0.25) is 4.79 Å². The molecule has 20 heavy (non-hydrogen) atoms. The summed E-state index contributed by atoms with van der Waals surface area (Å²) < 4.78 is 0. The molecule has 1 unspecified atom stereocenters. The highest BCUT2D eigenvalue weighted by Gasteiger charge is 2.11. The summed E-state index contributed by atoms with van der Waals surface area (Å²) in [5, 5.41) is 3.87. The third-order valence-corrected chi connectivity index (χ3v) is 4.07. The van der Waals surface area contributed by atoms with Gasteiger partial charge >= 0.3 is 0 Å². The van der Waals surface area contributed by atoms with Crippen LogP contribution >= 0.6 is 11.3 Å². The van der Waals surface area contributed by atoms with Gasteiger partial charge < -0.3 is 11.1 Å². The van der Waals surface area contributed by atoms with Gasteiger partial charge in [-0.05, 0) is 13.8 Å². The second-order valence-corrected chi connectivity index (χ2v) is 5.94. The summed E-state index contributed by atoms with van der Waals surface area (Å²) in [5.74, 6) is -0.0194. The minimum atomic E-state index is -0.113. The molecule has 1 aromatic carbocycles. The number of amides is 1. The third kappa shape index (κ3) is 3.88. The second-order valence-electron chi connectivity index (χ2n) is 4.85.